The van der Waals surface area contributed by atoms with Gasteiger partial charge in [0.15, 0.2) is 5.16 Å². The maximum Gasteiger partial charge on any atom is 0.220 e. The Hall–Kier alpha value is -1.14. The quantitative estimate of drug-likeness (QED) is 0.447. The van der Waals surface area contributed by atoms with Gasteiger partial charge in [0.05, 0.1) is 0 Å². The molecule has 0 bridgehead atoms. The molecule has 0 aliphatic heterocycles. The molecule has 0 atom stereocenters. The highest BCUT2D eigenvalue weighted by Gasteiger charge is 2.10. The zero-order valence-corrected chi connectivity index (χ0v) is 12.5. The van der Waals surface area contributed by atoms with Gasteiger partial charge in [0.2, 0.25) is 5.91 Å². The molecule has 1 heterocycles. The summed E-state index contributed by atoms with van der Waals surface area (Å²) in [5, 5.41) is 12.2. The summed E-state index contributed by atoms with van der Waals surface area (Å²) in [6, 6.07) is 0. The highest BCUT2D eigenvalue weighted by molar-refractivity contribution is 7.98. The largest absolute Gasteiger partial charge is 0.396 e. The molecule has 0 aromatic carbocycles. The van der Waals surface area contributed by atoms with Gasteiger partial charge in [0.25, 0.3) is 0 Å². The van der Waals surface area contributed by atoms with Gasteiger partial charge in [-0.3, -0.25) is 4.79 Å². The number of amides is 1. The van der Waals surface area contributed by atoms with Crippen molar-refractivity contribution in [1.82, 2.24) is 15.3 Å². The van der Waals surface area contributed by atoms with Crippen LogP contribution in [0.3, 0.4) is 0 Å². The molecule has 6 heteroatoms. The van der Waals surface area contributed by atoms with Crippen molar-refractivity contribution in [2.75, 3.05) is 19.4 Å². The summed E-state index contributed by atoms with van der Waals surface area (Å²) in [4.78, 5) is 20.4. The number of hydrogen-bond acceptors (Lipinski definition) is 5. The van der Waals surface area contributed by atoms with Gasteiger partial charge in [0.1, 0.15) is 0 Å². The third kappa shape index (κ3) is 5.16. The number of aryl methyl sites for hydroxylation is 2. The zero-order valence-electron chi connectivity index (χ0n) is 11.7. The van der Waals surface area contributed by atoms with Crippen molar-refractivity contribution in [3.05, 3.63) is 17.0 Å². The first-order valence-corrected chi connectivity index (χ1v) is 7.56. The molecule has 1 aromatic rings. The molecule has 106 valence electrons. The molecule has 1 aromatic heterocycles. The molecule has 0 aliphatic rings. The predicted octanol–water partition coefficient (Wildman–Crippen LogP) is 1.25. The van der Waals surface area contributed by atoms with E-state index in [4.69, 9.17) is 5.11 Å². The highest BCUT2D eigenvalue weighted by atomic mass is 32.2. The third-order valence-corrected chi connectivity index (χ3v) is 3.39. The van der Waals surface area contributed by atoms with E-state index in [2.05, 4.69) is 15.3 Å². The Labute approximate surface area is 118 Å². The minimum atomic E-state index is 0.00110. The van der Waals surface area contributed by atoms with E-state index in [1.54, 1.807) is 0 Å². The summed E-state index contributed by atoms with van der Waals surface area (Å²) >= 11 is 1.52. The lowest BCUT2D eigenvalue weighted by Crippen LogP contribution is -2.25. The van der Waals surface area contributed by atoms with Crippen LogP contribution in [0, 0.1) is 13.8 Å². The normalized spacial score (nSPS) is 10.5. The Morgan fingerprint density at radius 2 is 1.95 bits per heavy atom. The Morgan fingerprint density at radius 3 is 2.47 bits per heavy atom. The van der Waals surface area contributed by atoms with E-state index >= 15 is 0 Å². The van der Waals surface area contributed by atoms with E-state index in [1.165, 1.54) is 11.8 Å². The summed E-state index contributed by atoms with van der Waals surface area (Å²) in [6.07, 6.45) is 3.62. The molecule has 0 saturated carbocycles. The fourth-order valence-electron chi connectivity index (χ4n) is 1.80. The van der Waals surface area contributed by atoms with Crippen molar-refractivity contribution >= 4 is 17.7 Å². The molecule has 5 nitrogen and oxygen atoms in total. The van der Waals surface area contributed by atoms with Crippen LogP contribution in [-0.2, 0) is 11.2 Å². The van der Waals surface area contributed by atoms with Crippen molar-refractivity contribution in [1.29, 1.82) is 0 Å². The monoisotopic (exact) mass is 283 g/mol. The van der Waals surface area contributed by atoms with E-state index in [1.807, 2.05) is 20.1 Å². The second-order valence-electron chi connectivity index (χ2n) is 4.29. The van der Waals surface area contributed by atoms with Gasteiger partial charge < -0.3 is 10.4 Å². The summed E-state index contributed by atoms with van der Waals surface area (Å²) in [6.45, 7) is 4.53. The van der Waals surface area contributed by atoms with Gasteiger partial charge in [-0.25, -0.2) is 9.97 Å². The summed E-state index contributed by atoms with van der Waals surface area (Å²) in [7, 11) is 0. The number of carbonyl (C=O) groups excluding carboxylic acids is 1. The van der Waals surface area contributed by atoms with Crippen LogP contribution in [0.5, 0.6) is 0 Å². The van der Waals surface area contributed by atoms with Gasteiger partial charge in [0, 0.05) is 31.0 Å². The topological polar surface area (TPSA) is 75.1 Å². The van der Waals surface area contributed by atoms with Gasteiger partial charge >= 0.3 is 0 Å². The fourth-order valence-corrected chi connectivity index (χ4v) is 2.25. The molecule has 0 aliphatic carbocycles. The molecule has 0 spiro atoms. The summed E-state index contributed by atoms with van der Waals surface area (Å²) in [5.74, 6) is 0.00110. The van der Waals surface area contributed by atoms with Crippen molar-refractivity contribution < 1.29 is 9.90 Å². The average molecular weight is 283 g/mol. The Bertz CT molecular complexity index is 415. The minimum absolute atomic E-state index is 0.00110. The van der Waals surface area contributed by atoms with Crippen molar-refractivity contribution in [3.63, 3.8) is 0 Å². The lowest BCUT2D eigenvalue weighted by atomic mass is 10.1. The van der Waals surface area contributed by atoms with E-state index in [0.29, 0.717) is 25.8 Å². The number of thioether (sulfide) groups is 1. The van der Waals surface area contributed by atoms with Crippen molar-refractivity contribution in [2.45, 2.75) is 38.3 Å². The Kier molecular flexibility index (Phi) is 6.80. The number of aliphatic hydroxyl groups is 1. The number of nitrogens with zero attached hydrogens (tertiary/aromatic N) is 2. The smallest absolute Gasteiger partial charge is 0.220 e. The second kappa shape index (κ2) is 8.12. The van der Waals surface area contributed by atoms with Gasteiger partial charge in [-0.1, -0.05) is 11.8 Å². The molecule has 0 unspecified atom stereocenters. The fraction of sp³-hybridized carbons (Fsp3) is 0.615. The van der Waals surface area contributed by atoms with Gasteiger partial charge in [-0.2, -0.15) is 0 Å². The lowest BCUT2D eigenvalue weighted by Gasteiger charge is -2.10. The highest BCUT2D eigenvalue weighted by Crippen LogP contribution is 2.16. The number of carbonyl (C=O) groups is 1. The lowest BCUT2D eigenvalue weighted by molar-refractivity contribution is -0.121. The molecule has 1 amide bonds. The number of rotatable bonds is 7. The first-order chi connectivity index (χ1) is 9.08. The maximum atomic E-state index is 11.6. The van der Waals surface area contributed by atoms with E-state index in [0.717, 1.165) is 22.1 Å². The molecule has 0 radical (unpaired) electrons. The molecule has 1 rings (SSSR count). The molecule has 2 N–H and O–H groups in total. The van der Waals surface area contributed by atoms with Gasteiger partial charge in [-0.05, 0) is 38.5 Å². The standard InChI is InChI=1S/C13H21N3O2S/c1-9-11(10(2)16-13(15-9)19-3)5-6-12(18)14-7-4-8-17/h17H,4-8H2,1-3H3,(H,14,18). The number of nitrogens with one attached hydrogen (secondary N) is 1. The zero-order chi connectivity index (χ0) is 14.3. The van der Waals surface area contributed by atoms with E-state index in [-0.39, 0.29) is 12.5 Å². The van der Waals surface area contributed by atoms with Crippen LogP contribution < -0.4 is 5.32 Å². The van der Waals surface area contributed by atoms with Crippen LogP contribution in [0.25, 0.3) is 0 Å². The number of aromatic nitrogens is 2. The predicted molar refractivity (Wildman–Crippen MR) is 76.3 cm³/mol. The van der Waals surface area contributed by atoms with Crippen LogP contribution in [0.2, 0.25) is 0 Å². The number of hydrogen-bond donors (Lipinski definition) is 2. The summed E-state index contributed by atoms with van der Waals surface area (Å²) < 4.78 is 0. The summed E-state index contributed by atoms with van der Waals surface area (Å²) in [5.41, 5.74) is 2.94. The van der Waals surface area contributed by atoms with Crippen LogP contribution >= 0.6 is 11.8 Å². The van der Waals surface area contributed by atoms with Crippen LogP contribution in [-0.4, -0.2) is 40.4 Å². The minimum Gasteiger partial charge on any atom is -0.396 e. The number of aliphatic hydroxyl groups excluding tert-OH is 1. The molecule has 0 saturated heterocycles. The third-order valence-electron chi connectivity index (χ3n) is 2.84. The SMILES string of the molecule is CSc1nc(C)c(CCC(=O)NCCCO)c(C)n1. The van der Waals surface area contributed by atoms with Crippen LogP contribution in [0.15, 0.2) is 5.16 Å². The van der Waals surface area contributed by atoms with Crippen molar-refractivity contribution in [2.24, 2.45) is 0 Å². The molecule has 19 heavy (non-hydrogen) atoms. The first kappa shape index (κ1) is 15.9. The molecule has 0 fully saturated rings. The second-order valence-corrected chi connectivity index (χ2v) is 5.06. The Balaban J connectivity index is 2.55. The Morgan fingerprint density at radius 1 is 1.32 bits per heavy atom. The first-order valence-electron chi connectivity index (χ1n) is 6.34. The van der Waals surface area contributed by atoms with Crippen molar-refractivity contribution in [3.8, 4) is 0 Å². The van der Waals surface area contributed by atoms with Gasteiger partial charge in [-0.15, -0.1) is 0 Å². The molecular formula is C13H21N3O2S. The molecular weight excluding hydrogens is 262 g/mol. The van der Waals surface area contributed by atoms with Crippen LogP contribution in [0.4, 0.5) is 0 Å². The average Bonchev–Trinajstić information content (AvgIpc) is 2.37. The van der Waals surface area contributed by atoms with E-state index in [9.17, 15) is 4.79 Å². The van der Waals surface area contributed by atoms with E-state index < -0.39 is 0 Å². The maximum absolute atomic E-state index is 11.6. The van der Waals surface area contributed by atoms with Crippen LogP contribution in [0.1, 0.15) is 29.8 Å².